The zero-order chi connectivity index (χ0) is 12.3. The highest BCUT2D eigenvalue weighted by Gasteiger charge is 2.22. The van der Waals surface area contributed by atoms with Crippen molar-refractivity contribution in [3.63, 3.8) is 0 Å². The van der Waals surface area contributed by atoms with Gasteiger partial charge >= 0.3 is 0 Å². The van der Waals surface area contributed by atoms with E-state index in [1.165, 1.54) is 17.6 Å². The summed E-state index contributed by atoms with van der Waals surface area (Å²) < 4.78 is 27.8. The van der Waals surface area contributed by atoms with Crippen molar-refractivity contribution in [2.24, 2.45) is 5.73 Å². The average molecular weight is 264 g/mol. The zero-order valence-corrected chi connectivity index (χ0v) is 11.2. The van der Waals surface area contributed by atoms with Crippen molar-refractivity contribution in [1.82, 2.24) is 4.98 Å². The predicted octanol–water partition coefficient (Wildman–Crippen LogP) is 0.854. The summed E-state index contributed by atoms with van der Waals surface area (Å²) in [6.07, 6.45) is 1.21. The highest BCUT2D eigenvalue weighted by molar-refractivity contribution is 7.91. The highest BCUT2D eigenvalue weighted by atomic mass is 32.2. The molecule has 0 bridgehead atoms. The van der Waals surface area contributed by atoms with Crippen LogP contribution >= 0.6 is 11.3 Å². The van der Waals surface area contributed by atoms with Gasteiger partial charge in [0.1, 0.15) is 10.3 Å². The normalized spacial score (nSPS) is 14.0. The molecule has 1 atom stereocenters. The molecule has 7 heteroatoms. The molecule has 0 aromatic carbocycles. The van der Waals surface area contributed by atoms with E-state index in [-0.39, 0.29) is 0 Å². The van der Waals surface area contributed by atoms with E-state index in [1.807, 2.05) is 0 Å². The molecule has 1 unspecified atom stereocenters. The smallest absolute Gasteiger partial charge is 0.156 e. The lowest BCUT2D eigenvalue weighted by atomic mass is 10.4. The summed E-state index contributed by atoms with van der Waals surface area (Å²) in [6.45, 7) is 2.34. The van der Waals surface area contributed by atoms with Gasteiger partial charge in [-0.2, -0.15) is 0 Å². The summed E-state index contributed by atoms with van der Waals surface area (Å²) >= 11 is 1.34. The van der Waals surface area contributed by atoms with Gasteiger partial charge in [-0.15, -0.1) is 11.3 Å². The molecule has 0 saturated carbocycles. The standard InChI is InChI=1S/C9H16N2O3S2/c1-6(16(3,12)13)9-11-7(5-14-2)8(4-10)15-9/h6H,4-5,10H2,1-3H3. The average Bonchev–Trinajstić information content (AvgIpc) is 2.59. The Kier molecular flexibility index (Phi) is 4.43. The van der Waals surface area contributed by atoms with Crippen LogP contribution < -0.4 is 5.73 Å². The molecule has 16 heavy (non-hydrogen) atoms. The molecule has 1 heterocycles. The van der Waals surface area contributed by atoms with Crippen molar-refractivity contribution in [3.8, 4) is 0 Å². The first-order valence-electron chi connectivity index (χ1n) is 4.76. The number of nitrogens with zero attached hydrogens (tertiary/aromatic N) is 1. The Balaban J connectivity index is 3.08. The summed E-state index contributed by atoms with van der Waals surface area (Å²) in [4.78, 5) is 5.15. The number of hydrogen-bond acceptors (Lipinski definition) is 6. The maximum absolute atomic E-state index is 11.4. The minimum absolute atomic E-state index is 0.354. The summed E-state index contributed by atoms with van der Waals surface area (Å²) in [5.41, 5.74) is 6.31. The van der Waals surface area contributed by atoms with Crippen LogP contribution in [0.25, 0.3) is 0 Å². The fraction of sp³-hybridized carbons (Fsp3) is 0.667. The second-order valence-corrected chi connectivity index (χ2v) is 7.01. The Morgan fingerprint density at radius 3 is 2.62 bits per heavy atom. The van der Waals surface area contributed by atoms with Crippen molar-refractivity contribution < 1.29 is 13.2 Å². The minimum atomic E-state index is -3.12. The van der Waals surface area contributed by atoms with E-state index in [0.717, 1.165) is 10.6 Å². The molecule has 1 aromatic heterocycles. The molecule has 1 rings (SSSR count). The number of sulfone groups is 1. The molecule has 0 aliphatic heterocycles. The molecule has 0 radical (unpaired) electrons. The third-order valence-corrected chi connectivity index (χ3v) is 5.21. The first-order valence-corrected chi connectivity index (χ1v) is 7.53. The largest absolute Gasteiger partial charge is 0.378 e. The van der Waals surface area contributed by atoms with E-state index in [2.05, 4.69) is 4.98 Å². The molecular formula is C9H16N2O3S2. The Hall–Kier alpha value is -0.500. The van der Waals surface area contributed by atoms with Gasteiger partial charge < -0.3 is 10.5 Å². The molecule has 0 spiro atoms. The van der Waals surface area contributed by atoms with Crippen molar-refractivity contribution in [1.29, 1.82) is 0 Å². The SMILES string of the molecule is COCc1nc(C(C)S(C)(=O)=O)sc1CN. The monoisotopic (exact) mass is 264 g/mol. The Morgan fingerprint density at radius 1 is 1.56 bits per heavy atom. The van der Waals surface area contributed by atoms with E-state index in [4.69, 9.17) is 10.5 Å². The van der Waals surface area contributed by atoms with E-state index in [0.29, 0.717) is 18.2 Å². The van der Waals surface area contributed by atoms with Crippen LogP contribution in [0.15, 0.2) is 0 Å². The van der Waals surface area contributed by atoms with Gasteiger partial charge in [0.05, 0.1) is 12.3 Å². The molecule has 2 N–H and O–H groups in total. The van der Waals surface area contributed by atoms with Crippen LogP contribution in [0.5, 0.6) is 0 Å². The number of ether oxygens (including phenoxy) is 1. The third kappa shape index (κ3) is 3.00. The van der Waals surface area contributed by atoms with Crippen molar-refractivity contribution in [2.45, 2.75) is 25.3 Å². The van der Waals surface area contributed by atoms with Crippen LogP contribution in [0.4, 0.5) is 0 Å². The topological polar surface area (TPSA) is 82.3 Å². The number of nitrogens with two attached hydrogens (primary N) is 1. The first kappa shape index (κ1) is 13.6. The van der Waals surface area contributed by atoms with Gasteiger partial charge in [0.15, 0.2) is 9.84 Å². The number of rotatable bonds is 5. The van der Waals surface area contributed by atoms with E-state index < -0.39 is 15.1 Å². The number of methoxy groups -OCH3 is 1. The Labute approximate surface area is 99.6 Å². The summed E-state index contributed by atoms with van der Waals surface area (Å²) in [6, 6.07) is 0. The number of thiazole rings is 1. The fourth-order valence-corrected chi connectivity index (χ4v) is 3.14. The zero-order valence-electron chi connectivity index (χ0n) is 9.56. The van der Waals surface area contributed by atoms with Crippen LogP contribution in [-0.2, 0) is 27.7 Å². The minimum Gasteiger partial charge on any atom is -0.378 e. The Bertz CT molecular complexity index is 453. The van der Waals surface area contributed by atoms with Crippen LogP contribution in [0.2, 0.25) is 0 Å². The lowest BCUT2D eigenvalue weighted by molar-refractivity contribution is 0.181. The fourth-order valence-electron chi connectivity index (χ4n) is 1.17. The molecule has 0 saturated heterocycles. The molecule has 0 aliphatic rings. The summed E-state index contributed by atoms with van der Waals surface area (Å²) in [5.74, 6) is 0. The van der Waals surface area contributed by atoms with Gasteiger partial charge in [-0.05, 0) is 6.92 Å². The molecular weight excluding hydrogens is 248 g/mol. The Morgan fingerprint density at radius 2 is 2.19 bits per heavy atom. The second-order valence-electron chi connectivity index (χ2n) is 3.53. The molecule has 1 aromatic rings. The van der Waals surface area contributed by atoms with Crippen LogP contribution in [0.1, 0.15) is 27.8 Å². The van der Waals surface area contributed by atoms with E-state index in [1.54, 1.807) is 14.0 Å². The van der Waals surface area contributed by atoms with Gasteiger partial charge in [0.25, 0.3) is 0 Å². The van der Waals surface area contributed by atoms with Gasteiger partial charge in [-0.3, -0.25) is 0 Å². The summed E-state index contributed by atoms with van der Waals surface area (Å²) in [7, 11) is -1.55. The predicted molar refractivity (Wildman–Crippen MR) is 64.0 cm³/mol. The molecule has 0 aliphatic carbocycles. The number of aromatic nitrogens is 1. The molecule has 5 nitrogen and oxygen atoms in total. The van der Waals surface area contributed by atoms with Crippen molar-refractivity contribution in [2.75, 3.05) is 13.4 Å². The second kappa shape index (κ2) is 5.22. The van der Waals surface area contributed by atoms with E-state index >= 15 is 0 Å². The van der Waals surface area contributed by atoms with Crippen LogP contribution in [0, 0.1) is 0 Å². The quantitative estimate of drug-likeness (QED) is 0.852. The van der Waals surface area contributed by atoms with E-state index in [9.17, 15) is 8.42 Å². The van der Waals surface area contributed by atoms with Crippen LogP contribution in [-0.4, -0.2) is 26.8 Å². The van der Waals surface area contributed by atoms with Crippen molar-refractivity contribution >= 4 is 21.2 Å². The lowest BCUT2D eigenvalue weighted by Crippen LogP contribution is -2.07. The van der Waals surface area contributed by atoms with Gasteiger partial charge in [-0.25, -0.2) is 13.4 Å². The lowest BCUT2D eigenvalue weighted by Gasteiger charge is -2.03. The van der Waals surface area contributed by atoms with Gasteiger partial charge in [0.2, 0.25) is 0 Å². The third-order valence-electron chi connectivity index (χ3n) is 2.25. The highest BCUT2D eigenvalue weighted by Crippen LogP contribution is 2.28. The molecule has 0 fully saturated rings. The van der Waals surface area contributed by atoms with Crippen LogP contribution in [0.3, 0.4) is 0 Å². The number of hydrogen-bond donors (Lipinski definition) is 1. The molecule has 0 amide bonds. The maximum Gasteiger partial charge on any atom is 0.156 e. The van der Waals surface area contributed by atoms with Gasteiger partial charge in [-0.1, -0.05) is 0 Å². The van der Waals surface area contributed by atoms with Crippen molar-refractivity contribution in [3.05, 3.63) is 15.6 Å². The maximum atomic E-state index is 11.4. The molecule has 92 valence electrons. The first-order chi connectivity index (χ1) is 7.40. The van der Waals surface area contributed by atoms with Gasteiger partial charge in [0, 0.05) is 24.8 Å². The summed E-state index contributed by atoms with van der Waals surface area (Å²) in [5, 5.41) is -0.0107.